The molecule has 0 radical (unpaired) electrons. The van der Waals surface area contributed by atoms with Crippen LogP contribution in [-0.4, -0.2) is 55.3 Å². The fourth-order valence-electron chi connectivity index (χ4n) is 1.74. The largest absolute Gasteiger partial charge is 0.310 e. The Morgan fingerprint density at radius 1 is 1.37 bits per heavy atom. The molecule has 1 amide bonds. The normalized spacial score (nSPS) is 19.0. The van der Waals surface area contributed by atoms with Gasteiger partial charge in [0.1, 0.15) is 5.82 Å². The van der Waals surface area contributed by atoms with Gasteiger partial charge in [-0.2, -0.15) is 0 Å². The smallest absolute Gasteiger partial charge is 0.239 e. The van der Waals surface area contributed by atoms with Crippen molar-refractivity contribution in [2.45, 2.75) is 0 Å². The molecule has 2 heterocycles. The molecular formula is C11H14BrN3O3S. The van der Waals surface area contributed by atoms with Gasteiger partial charge in [0.05, 0.1) is 18.1 Å². The molecule has 19 heavy (non-hydrogen) atoms. The minimum Gasteiger partial charge on any atom is -0.310 e. The number of aromatic nitrogens is 1. The third kappa shape index (κ3) is 4.55. The number of hydrogen-bond acceptors (Lipinski definition) is 5. The Bertz CT molecular complexity index is 545. The van der Waals surface area contributed by atoms with Crippen molar-refractivity contribution in [3.8, 4) is 0 Å². The van der Waals surface area contributed by atoms with E-state index >= 15 is 0 Å². The second-order valence-corrected chi connectivity index (χ2v) is 7.56. The summed E-state index contributed by atoms with van der Waals surface area (Å²) in [6.45, 7) is 1.00. The number of hydrogen-bond donors (Lipinski definition) is 1. The van der Waals surface area contributed by atoms with Gasteiger partial charge in [0.15, 0.2) is 9.84 Å². The van der Waals surface area contributed by atoms with Gasteiger partial charge < -0.3 is 5.32 Å². The lowest BCUT2D eigenvalue weighted by atomic mass is 10.4. The van der Waals surface area contributed by atoms with Crippen LogP contribution in [0, 0.1) is 0 Å². The molecule has 0 aromatic carbocycles. The summed E-state index contributed by atoms with van der Waals surface area (Å²) in [4.78, 5) is 17.6. The average molecular weight is 348 g/mol. The number of halogens is 1. The first-order valence-corrected chi connectivity index (χ1v) is 8.40. The van der Waals surface area contributed by atoms with Gasteiger partial charge in [0.2, 0.25) is 5.91 Å². The molecule has 0 unspecified atom stereocenters. The Balaban J connectivity index is 1.83. The Morgan fingerprint density at radius 2 is 2.05 bits per heavy atom. The van der Waals surface area contributed by atoms with Crippen molar-refractivity contribution in [3.05, 3.63) is 22.8 Å². The Kier molecular flexibility index (Phi) is 4.54. The summed E-state index contributed by atoms with van der Waals surface area (Å²) >= 11 is 3.26. The van der Waals surface area contributed by atoms with E-state index in [1.807, 2.05) is 4.90 Å². The maximum atomic E-state index is 11.8. The first kappa shape index (κ1) is 14.4. The molecular weight excluding hydrogens is 334 g/mol. The van der Waals surface area contributed by atoms with Gasteiger partial charge in [0, 0.05) is 23.8 Å². The van der Waals surface area contributed by atoms with Crippen LogP contribution in [0.3, 0.4) is 0 Å². The van der Waals surface area contributed by atoms with E-state index in [0.717, 1.165) is 4.47 Å². The van der Waals surface area contributed by atoms with Crippen LogP contribution in [0.15, 0.2) is 22.8 Å². The number of carbonyl (C=O) groups excluding carboxylic acids is 1. The predicted molar refractivity (Wildman–Crippen MR) is 75.7 cm³/mol. The first-order chi connectivity index (χ1) is 8.94. The van der Waals surface area contributed by atoms with Gasteiger partial charge in [-0.25, -0.2) is 13.4 Å². The standard InChI is InChI=1S/C11H14BrN3O3S/c12-9-1-2-10(13-7-9)14-11(16)8-15-3-5-19(17,18)6-4-15/h1-2,7H,3-6,8H2,(H,13,14,16). The summed E-state index contributed by atoms with van der Waals surface area (Å²) in [5, 5.41) is 2.68. The van der Waals surface area contributed by atoms with Crippen molar-refractivity contribution >= 4 is 37.5 Å². The summed E-state index contributed by atoms with van der Waals surface area (Å²) < 4.78 is 23.4. The minimum absolute atomic E-state index is 0.122. The van der Waals surface area contributed by atoms with E-state index in [9.17, 15) is 13.2 Å². The van der Waals surface area contributed by atoms with Crippen molar-refractivity contribution in [2.75, 3.05) is 36.5 Å². The van der Waals surface area contributed by atoms with E-state index in [4.69, 9.17) is 0 Å². The first-order valence-electron chi connectivity index (χ1n) is 5.79. The fraction of sp³-hybridized carbons (Fsp3) is 0.455. The van der Waals surface area contributed by atoms with Gasteiger partial charge in [0.25, 0.3) is 0 Å². The molecule has 1 aliphatic rings. The molecule has 1 aliphatic heterocycles. The molecule has 0 atom stereocenters. The van der Waals surface area contributed by atoms with Crippen LogP contribution in [-0.2, 0) is 14.6 Å². The molecule has 0 saturated carbocycles. The number of rotatable bonds is 3. The van der Waals surface area contributed by atoms with Crippen LogP contribution in [0.25, 0.3) is 0 Å². The third-order valence-electron chi connectivity index (χ3n) is 2.80. The third-order valence-corrected chi connectivity index (χ3v) is 4.88. The van der Waals surface area contributed by atoms with Crippen LogP contribution in [0.4, 0.5) is 5.82 Å². The number of pyridine rings is 1. The predicted octanol–water partition coefficient (Wildman–Crippen LogP) is 0.513. The highest BCUT2D eigenvalue weighted by Crippen LogP contribution is 2.10. The molecule has 1 aromatic rings. The highest BCUT2D eigenvalue weighted by molar-refractivity contribution is 9.10. The van der Waals surface area contributed by atoms with Crippen molar-refractivity contribution in [1.82, 2.24) is 9.88 Å². The number of sulfone groups is 1. The molecule has 1 N–H and O–H groups in total. The van der Waals surface area contributed by atoms with E-state index in [1.54, 1.807) is 18.3 Å². The molecule has 2 rings (SSSR count). The SMILES string of the molecule is O=C(CN1CCS(=O)(=O)CC1)Nc1ccc(Br)cn1. The second-order valence-electron chi connectivity index (χ2n) is 4.34. The van der Waals surface area contributed by atoms with Gasteiger partial charge in [-0.15, -0.1) is 0 Å². The molecule has 1 saturated heterocycles. The van der Waals surface area contributed by atoms with Crippen LogP contribution < -0.4 is 5.32 Å². The molecule has 8 heteroatoms. The fourth-order valence-corrected chi connectivity index (χ4v) is 3.25. The average Bonchev–Trinajstić information content (AvgIpc) is 2.35. The highest BCUT2D eigenvalue weighted by atomic mass is 79.9. The number of amides is 1. The summed E-state index contributed by atoms with van der Waals surface area (Å²) in [5.74, 6) is 0.542. The van der Waals surface area contributed by atoms with Crippen LogP contribution in [0.2, 0.25) is 0 Å². The van der Waals surface area contributed by atoms with E-state index in [-0.39, 0.29) is 24.0 Å². The zero-order chi connectivity index (χ0) is 13.9. The number of carbonyl (C=O) groups is 1. The zero-order valence-corrected chi connectivity index (χ0v) is 12.6. The second kappa shape index (κ2) is 5.98. The summed E-state index contributed by atoms with van der Waals surface area (Å²) in [6.07, 6.45) is 1.60. The maximum absolute atomic E-state index is 11.8. The van der Waals surface area contributed by atoms with E-state index in [1.165, 1.54) is 0 Å². The molecule has 104 valence electrons. The maximum Gasteiger partial charge on any atom is 0.239 e. The van der Waals surface area contributed by atoms with Gasteiger partial charge in [-0.3, -0.25) is 9.69 Å². The lowest BCUT2D eigenvalue weighted by molar-refractivity contribution is -0.117. The summed E-state index contributed by atoms with van der Waals surface area (Å²) in [7, 11) is -2.91. The molecule has 1 aromatic heterocycles. The van der Waals surface area contributed by atoms with Crippen molar-refractivity contribution in [2.24, 2.45) is 0 Å². The van der Waals surface area contributed by atoms with Crippen molar-refractivity contribution < 1.29 is 13.2 Å². The van der Waals surface area contributed by atoms with Gasteiger partial charge >= 0.3 is 0 Å². The van der Waals surface area contributed by atoms with Gasteiger partial charge in [-0.05, 0) is 28.1 Å². The Labute approximate surface area is 120 Å². The van der Waals surface area contributed by atoms with Crippen molar-refractivity contribution in [3.63, 3.8) is 0 Å². The number of nitrogens with one attached hydrogen (secondary N) is 1. The topological polar surface area (TPSA) is 79.4 Å². The van der Waals surface area contributed by atoms with E-state index in [2.05, 4.69) is 26.2 Å². The quantitative estimate of drug-likeness (QED) is 0.861. The Morgan fingerprint density at radius 3 is 2.63 bits per heavy atom. The van der Waals surface area contributed by atoms with Crippen LogP contribution in [0.5, 0.6) is 0 Å². The number of nitrogens with zero attached hydrogens (tertiary/aromatic N) is 2. The molecule has 1 fully saturated rings. The van der Waals surface area contributed by atoms with Crippen LogP contribution in [0.1, 0.15) is 0 Å². The molecule has 0 aliphatic carbocycles. The van der Waals surface area contributed by atoms with Gasteiger partial charge in [-0.1, -0.05) is 0 Å². The summed E-state index contributed by atoms with van der Waals surface area (Å²) in [5.41, 5.74) is 0. The van der Waals surface area contributed by atoms with E-state index in [0.29, 0.717) is 18.9 Å². The van der Waals surface area contributed by atoms with Crippen LogP contribution >= 0.6 is 15.9 Å². The lowest BCUT2D eigenvalue weighted by Gasteiger charge is -2.25. The monoisotopic (exact) mass is 347 g/mol. The lowest BCUT2D eigenvalue weighted by Crippen LogP contribution is -2.43. The molecule has 0 bridgehead atoms. The summed E-state index contributed by atoms with van der Waals surface area (Å²) in [6, 6.07) is 3.48. The molecule has 6 nitrogen and oxygen atoms in total. The Hall–Kier alpha value is -0.990. The van der Waals surface area contributed by atoms with E-state index < -0.39 is 9.84 Å². The highest BCUT2D eigenvalue weighted by Gasteiger charge is 2.22. The zero-order valence-electron chi connectivity index (χ0n) is 10.2. The molecule has 0 spiro atoms. The minimum atomic E-state index is -2.91. The number of anilines is 1. The van der Waals surface area contributed by atoms with Crippen molar-refractivity contribution in [1.29, 1.82) is 0 Å².